The average molecular weight is 477 g/mol. The number of furan rings is 1. The number of nitrogens with one attached hydrogen (secondary N) is 1. The highest BCUT2D eigenvalue weighted by Gasteiger charge is 2.36. The van der Waals surface area contributed by atoms with Crippen LogP contribution in [0.4, 0.5) is 4.79 Å². The third-order valence-corrected chi connectivity index (χ3v) is 6.72. The lowest BCUT2D eigenvalue weighted by molar-refractivity contribution is -0.0336. The molecule has 35 heavy (non-hydrogen) atoms. The predicted octanol–water partition coefficient (Wildman–Crippen LogP) is 4.47. The highest BCUT2D eigenvalue weighted by molar-refractivity contribution is 5.84. The van der Waals surface area contributed by atoms with Crippen molar-refractivity contribution in [3.05, 3.63) is 89.4 Å². The molecule has 3 aliphatic heterocycles. The number of hydrogen-bond donors (Lipinski definition) is 2. The second kappa shape index (κ2) is 10.2. The van der Waals surface area contributed by atoms with Crippen LogP contribution in [0.3, 0.4) is 0 Å². The number of aromatic carboxylic acids is 1. The van der Waals surface area contributed by atoms with E-state index in [4.69, 9.17) is 19.0 Å². The molecule has 0 unspecified atom stereocenters. The molecule has 3 fully saturated rings. The van der Waals surface area contributed by atoms with Crippen molar-refractivity contribution in [1.29, 1.82) is 0 Å². The molecule has 3 saturated heterocycles. The van der Waals surface area contributed by atoms with Crippen LogP contribution in [0.1, 0.15) is 46.3 Å². The number of rotatable bonds is 8. The zero-order valence-corrected chi connectivity index (χ0v) is 19.3. The zero-order chi connectivity index (χ0) is 24.2. The van der Waals surface area contributed by atoms with E-state index in [2.05, 4.69) is 10.2 Å². The summed E-state index contributed by atoms with van der Waals surface area (Å²) in [5.74, 6) is 0.223. The Morgan fingerprint density at radius 1 is 1.00 bits per heavy atom. The van der Waals surface area contributed by atoms with E-state index in [-0.39, 0.29) is 24.5 Å². The van der Waals surface area contributed by atoms with E-state index in [1.165, 1.54) is 6.07 Å². The van der Waals surface area contributed by atoms with E-state index < -0.39 is 12.1 Å². The molecule has 0 aliphatic carbocycles. The Morgan fingerprint density at radius 3 is 2.34 bits per heavy atom. The number of ether oxygens (including phenoxy) is 2. The summed E-state index contributed by atoms with van der Waals surface area (Å²) in [5, 5.41) is 12.0. The van der Waals surface area contributed by atoms with Crippen molar-refractivity contribution in [2.45, 2.75) is 31.6 Å². The summed E-state index contributed by atoms with van der Waals surface area (Å²) in [4.78, 5) is 26.2. The van der Waals surface area contributed by atoms with Crippen LogP contribution >= 0.6 is 0 Å². The van der Waals surface area contributed by atoms with Crippen molar-refractivity contribution in [2.75, 3.05) is 19.6 Å². The van der Waals surface area contributed by atoms with Crippen LogP contribution in [0, 0.1) is 5.92 Å². The predicted molar refractivity (Wildman–Crippen MR) is 127 cm³/mol. The molecule has 2 bridgehead atoms. The Bertz CT molecular complexity index is 1150. The molecule has 1 amide bonds. The van der Waals surface area contributed by atoms with Crippen molar-refractivity contribution < 1.29 is 28.6 Å². The van der Waals surface area contributed by atoms with Gasteiger partial charge in [-0.1, -0.05) is 42.5 Å². The van der Waals surface area contributed by atoms with Crippen molar-refractivity contribution in [3.63, 3.8) is 0 Å². The lowest BCUT2D eigenvalue weighted by Gasteiger charge is -2.43. The fourth-order valence-electron chi connectivity index (χ4n) is 4.82. The van der Waals surface area contributed by atoms with Gasteiger partial charge in [0.1, 0.15) is 24.2 Å². The summed E-state index contributed by atoms with van der Waals surface area (Å²) < 4.78 is 16.8. The summed E-state index contributed by atoms with van der Waals surface area (Å²) in [6.45, 7) is 3.10. The van der Waals surface area contributed by atoms with Gasteiger partial charge in [0.05, 0.1) is 6.04 Å². The Labute approximate surface area is 203 Å². The van der Waals surface area contributed by atoms with Crippen LogP contribution in [0.15, 0.2) is 71.1 Å². The van der Waals surface area contributed by atoms with E-state index in [1.807, 2.05) is 54.6 Å². The molecule has 3 aromatic rings. The highest BCUT2D eigenvalue weighted by Crippen LogP contribution is 2.30. The standard InChI is InChI=1S/C27H28N2O6/c30-26(31)23-11-10-22(34-23)17-33-21-8-6-20(7-9-21)25(19-4-2-1-3-5-19)28-27(32)35-24-16-29-14-12-18(24)13-15-29/h1-11,18,24-25H,12-17H2,(H,28,32)(H,30,31)/t24-,25+/m0/s1. The van der Waals surface area contributed by atoms with Crippen molar-refractivity contribution in [1.82, 2.24) is 10.2 Å². The average Bonchev–Trinajstić information content (AvgIpc) is 3.37. The molecule has 3 aliphatic rings. The molecule has 4 heterocycles. The van der Waals surface area contributed by atoms with E-state index in [0.717, 1.165) is 43.6 Å². The summed E-state index contributed by atoms with van der Waals surface area (Å²) in [7, 11) is 0. The number of amides is 1. The van der Waals surface area contributed by atoms with Crippen LogP contribution < -0.4 is 10.1 Å². The topological polar surface area (TPSA) is 101 Å². The number of nitrogens with zero attached hydrogens (tertiary/aromatic N) is 1. The smallest absolute Gasteiger partial charge is 0.408 e. The molecule has 8 heteroatoms. The number of carbonyl (C=O) groups is 2. The zero-order valence-electron chi connectivity index (χ0n) is 19.3. The van der Waals surface area contributed by atoms with Crippen LogP contribution in [-0.4, -0.2) is 47.8 Å². The van der Waals surface area contributed by atoms with Gasteiger partial charge in [-0.05, 0) is 67.2 Å². The maximum atomic E-state index is 12.9. The van der Waals surface area contributed by atoms with Gasteiger partial charge in [0.15, 0.2) is 0 Å². The Balaban J connectivity index is 1.25. The number of piperidine rings is 3. The minimum absolute atomic E-state index is 0.0621. The van der Waals surface area contributed by atoms with Gasteiger partial charge in [-0.25, -0.2) is 9.59 Å². The molecule has 182 valence electrons. The minimum atomic E-state index is -1.12. The lowest BCUT2D eigenvalue weighted by atomic mass is 9.86. The molecule has 8 nitrogen and oxygen atoms in total. The molecule has 2 aromatic carbocycles. The maximum absolute atomic E-state index is 12.9. The number of hydrogen-bond acceptors (Lipinski definition) is 6. The number of carboxylic acids is 1. The van der Waals surface area contributed by atoms with E-state index in [0.29, 0.717) is 17.4 Å². The largest absolute Gasteiger partial charge is 0.486 e. The number of carbonyl (C=O) groups excluding carboxylic acids is 1. The van der Waals surface area contributed by atoms with E-state index >= 15 is 0 Å². The van der Waals surface area contributed by atoms with Gasteiger partial charge in [-0.3, -0.25) is 4.90 Å². The maximum Gasteiger partial charge on any atom is 0.408 e. The van der Waals surface area contributed by atoms with Gasteiger partial charge < -0.3 is 24.3 Å². The lowest BCUT2D eigenvalue weighted by Crippen LogP contribution is -2.52. The molecule has 0 spiro atoms. The highest BCUT2D eigenvalue weighted by atomic mass is 16.6. The number of fused-ring (bicyclic) bond motifs is 3. The summed E-state index contributed by atoms with van der Waals surface area (Å²) >= 11 is 0. The number of alkyl carbamates (subject to hydrolysis) is 1. The monoisotopic (exact) mass is 476 g/mol. The molecular formula is C27H28N2O6. The first-order chi connectivity index (χ1) is 17.0. The SMILES string of the molecule is O=C(N[C@H](c1ccccc1)c1ccc(OCc2ccc(C(=O)O)o2)cc1)O[C@H]1CN2CCC1CC2. The first kappa shape index (κ1) is 23.0. The fraction of sp³-hybridized carbons (Fsp3) is 0.333. The van der Waals surface area contributed by atoms with Crippen molar-refractivity contribution >= 4 is 12.1 Å². The Kier molecular flexibility index (Phi) is 6.72. The second-order valence-corrected chi connectivity index (χ2v) is 9.00. The Hall–Kier alpha value is -3.78. The van der Waals surface area contributed by atoms with Gasteiger partial charge >= 0.3 is 12.1 Å². The van der Waals surface area contributed by atoms with Gasteiger partial charge in [0, 0.05) is 6.54 Å². The third kappa shape index (κ3) is 5.49. The minimum Gasteiger partial charge on any atom is -0.486 e. The summed E-state index contributed by atoms with van der Waals surface area (Å²) in [5.41, 5.74) is 1.84. The first-order valence-electron chi connectivity index (χ1n) is 11.8. The van der Waals surface area contributed by atoms with Crippen LogP contribution in [0.2, 0.25) is 0 Å². The van der Waals surface area contributed by atoms with E-state index in [9.17, 15) is 9.59 Å². The molecule has 2 N–H and O–H groups in total. The van der Waals surface area contributed by atoms with Gasteiger partial charge in [-0.15, -0.1) is 0 Å². The van der Waals surface area contributed by atoms with Gasteiger partial charge in [0.25, 0.3) is 0 Å². The second-order valence-electron chi connectivity index (χ2n) is 9.00. The molecule has 1 aromatic heterocycles. The third-order valence-electron chi connectivity index (χ3n) is 6.72. The molecular weight excluding hydrogens is 448 g/mol. The van der Waals surface area contributed by atoms with E-state index in [1.54, 1.807) is 6.07 Å². The quantitative estimate of drug-likeness (QED) is 0.495. The number of benzene rings is 2. The summed E-state index contributed by atoms with van der Waals surface area (Å²) in [6, 6.07) is 19.8. The summed E-state index contributed by atoms with van der Waals surface area (Å²) in [6.07, 6.45) is 1.69. The molecule has 6 rings (SSSR count). The van der Waals surface area contributed by atoms with Crippen LogP contribution in [0.5, 0.6) is 5.75 Å². The molecule has 2 atom stereocenters. The molecule has 0 saturated carbocycles. The van der Waals surface area contributed by atoms with Gasteiger partial charge in [-0.2, -0.15) is 0 Å². The van der Waals surface area contributed by atoms with Crippen LogP contribution in [0.25, 0.3) is 0 Å². The molecule has 0 radical (unpaired) electrons. The Morgan fingerprint density at radius 2 is 1.71 bits per heavy atom. The normalized spacial score (nSPS) is 21.8. The first-order valence-corrected chi connectivity index (χ1v) is 11.8. The van der Waals surface area contributed by atoms with Crippen LogP contribution in [-0.2, 0) is 11.3 Å². The van der Waals surface area contributed by atoms with Gasteiger partial charge in [0.2, 0.25) is 5.76 Å². The van der Waals surface area contributed by atoms with Crippen molar-refractivity contribution in [2.24, 2.45) is 5.92 Å². The number of carboxylic acid groups (broad SMARTS) is 1. The van der Waals surface area contributed by atoms with Crippen molar-refractivity contribution in [3.8, 4) is 5.75 Å². The fourth-order valence-corrected chi connectivity index (χ4v) is 4.82.